The molecule has 0 fully saturated rings. The Morgan fingerprint density at radius 1 is 0.287 bits per heavy atom. The summed E-state index contributed by atoms with van der Waals surface area (Å²) >= 11 is 0. The fourth-order valence-corrected chi connectivity index (χ4v) is 16.6. The Bertz CT molecular complexity index is 5910. The number of hydrogen-bond donors (Lipinski definition) is 0. The van der Waals surface area contributed by atoms with Gasteiger partial charge in [0.05, 0.1) is 50.2 Å². The van der Waals surface area contributed by atoms with E-state index in [4.69, 9.17) is 4.74 Å². The Kier molecular flexibility index (Phi) is 13.8. The monoisotopic (exact) mass is 1310 g/mol. The van der Waals surface area contributed by atoms with Gasteiger partial charge in [-0.1, -0.05) is 265 Å². The molecule has 16 aromatic rings. The Hall–Kier alpha value is -11.1. The zero-order valence-corrected chi connectivity index (χ0v) is 60.2. The Labute approximate surface area is 593 Å². The molecule has 0 unspecified atom stereocenters. The third kappa shape index (κ3) is 9.87. The molecule has 0 atom stereocenters. The second-order valence-corrected chi connectivity index (χ2v) is 32.6. The molecule has 0 amide bonds. The van der Waals surface area contributed by atoms with Crippen molar-refractivity contribution in [1.29, 1.82) is 0 Å². The molecule has 18 rings (SSSR count). The number of aryl methyl sites for hydroxylation is 1. The van der Waals surface area contributed by atoms with Gasteiger partial charge >= 0.3 is 0 Å². The topological polar surface area (TPSA) is 27.3 Å². The lowest BCUT2D eigenvalue weighted by molar-refractivity contribution is 0.487. The Morgan fingerprint density at radius 3 is 1.32 bits per heavy atom. The van der Waals surface area contributed by atoms with Crippen molar-refractivity contribution in [3.8, 4) is 61.9 Å². The molecule has 2 aliphatic heterocycles. The molecular formula is C95H83BN4O. The molecule has 0 saturated heterocycles. The van der Waals surface area contributed by atoms with E-state index in [-0.39, 0.29) is 28.4 Å². The van der Waals surface area contributed by atoms with E-state index in [9.17, 15) is 0 Å². The SMILES string of the molecule is Cc1ccc(-c2ccc3c(c2)N(c2ccccc2-c2ccccc2)c2cc(-c4cc(C(C)(C)C)cc(C(C)(C)C)c4)cc4c2B3c2ccc(-n3c5ccc(C(C)(C)C)cc5c5cc(C(C)(C)C)ccc53)cc2O4)c(-n2c3ccccc3c3ccccc32)c1-n1c2ccccc2c2ccccc21. The van der Waals surface area contributed by atoms with Gasteiger partial charge in [0, 0.05) is 66.6 Å². The summed E-state index contributed by atoms with van der Waals surface area (Å²) in [5, 5.41) is 7.40. The van der Waals surface area contributed by atoms with Crippen molar-refractivity contribution < 1.29 is 4.74 Å². The highest BCUT2D eigenvalue weighted by Gasteiger charge is 2.44. The van der Waals surface area contributed by atoms with Crippen LogP contribution >= 0.6 is 0 Å². The summed E-state index contributed by atoms with van der Waals surface area (Å²) in [5.74, 6) is 1.71. The van der Waals surface area contributed by atoms with Crippen LogP contribution in [-0.2, 0) is 21.7 Å². The smallest absolute Gasteiger partial charge is 0.256 e. The van der Waals surface area contributed by atoms with E-state index in [0.717, 1.165) is 95.4 Å². The molecule has 0 N–H and O–H groups in total. The van der Waals surface area contributed by atoms with Gasteiger partial charge in [0.15, 0.2) is 0 Å². The van der Waals surface area contributed by atoms with Crippen LogP contribution in [0.3, 0.4) is 0 Å². The molecule has 0 saturated carbocycles. The van der Waals surface area contributed by atoms with Gasteiger partial charge in [-0.3, -0.25) is 0 Å². The van der Waals surface area contributed by atoms with Crippen LogP contribution in [0.25, 0.3) is 116 Å². The summed E-state index contributed by atoms with van der Waals surface area (Å²) in [6.07, 6.45) is 0. The van der Waals surface area contributed by atoms with Gasteiger partial charge in [-0.2, -0.15) is 0 Å². The number of para-hydroxylation sites is 5. The van der Waals surface area contributed by atoms with Gasteiger partial charge in [0.2, 0.25) is 0 Å². The zero-order valence-electron chi connectivity index (χ0n) is 60.2. The third-order valence-electron chi connectivity index (χ3n) is 22.0. The summed E-state index contributed by atoms with van der Waals surface area (Å²) in [4.78, 5) is 2.60. The molecule has 2 aliphatic rings. The lowest BCUT2D eigenvalue weighted by Gasteiger charge is -2.41. The minimum atomic E-state index is -0.216. The molecule has 0 radical (unpaired) electrons. The van der Waals surface area contributed by atoms with Crippen molar-refractivity contribution in [2.75, 3.05) is 4.90 Å². The van der Waals surface area contributed by atoms with E-state index in [1.165, 1.54) is 93.2 Å². The lowest BCUT2D eigenvalue weighted by Crippen LogP contribution is -2.59. The first-order chi connectivity index (χ1) is 48.5. The first-order valence-electron chi connectivity index (χ1n) is 36.0. The van der Waals surface area contributed by atoms with Crippen LogP contribution in [0.1, 0.15) is 111 Å². The van der Waals surface area contributed by atoms with E-state index in [2.05, 4.69) is 376 Å². The van der Waals surface area contributed by atoms with Crippen LogP contribution in [0.4, 0.5) is 17.1 Å². The van der Waals surface area contributed by atoms with Crippen LogP contribution in [0.5, 0.6) is 11.5 Å². The van der Waals surface area contributed by atoms with E-state index in [1.54, 1.807) is 0 Å². The number of nitrogens with zero attached hydrogens (tertiary/aromatic N) is 4. The molecule has 0 bridgehead atoms. The van der Waals surface area contributed by atoms with Crippen molar-refractivity contribution in [3.05, 3.63) is 295 Å². The first-order valence-corrected chi connectivity index (χ1v) is 36.0. The minimum absolute atomic E-state index is 0.0289. The number of hydrogen-bond acceptors (Lipinski definition) is 2. The fraction of sp³-hybridized carbons (Fsp3) is 0.179. The largest absolute Gasteiger partial charge is 0.458 e. The average Bonchev–Trinajstić information content (AvgIpc) is 1.27. The van der Waals surface area contributed by atoms with Gasteiger partial charge < -0.3 is 23.3 Å². The molecular weight excluding hydrogens is 1220 g/mol. The number of rotatable bonds is 7. The maximum absolute atomic E-state index is 7.78. The normalized spacial score (nSPS) is 13.2. The number of aromatic nitrogens is 3. The molecule has 5 heterocycles. The quantitative estimate of drug-likeness (QED) is 0.149. The molecule has 101 heavy (non-hydrogen) atoms. The highest BCUT2D eigenvalue weighted by Crippen LogP contribution is 2.51. The van der Waals surface area contributed by atoms with Crippen molar-refractivity contribution in [1.82, 2.24) is 13.7 Å². The van der Waals surface area contributed by atoms with E-state index < -0.39 is 0 Å². The summed E-state index contributed by atoms with van der Waals surface area (Å²) in [7, 11) is 0. The molecule has 0 spiro atoms. The fourth-order valence-electron chi connectivity index (χ4n) is 16.6. The maximum atomic E-state index is 7.78. The number of ether oxygens (including phenoxy) is 1. The first kappa shape index (κ1) is 62.2. The van der Waals surface area contributed by atoms with Gasteiger partial charge in [-0.05, 0) is 174 Å². The molecule has 492 valence electrons. The molecule has 6 heteroatoms. The predicted molar refractivity (Wildman–Crippen MR) is 431 cm³/mol. The Balaban J connectivity index is 0.945. The summed E-state index contributed by atoms with van der Waals surface area (Å²) < 4.78 is 15.4. The predicted octanol–water partition coefficient (Wildman–Crippen LogP) is 23.9. The van der Waals surface area contributed by atoms with Crippen LogP contribution in [-0.4, -0.2) is 20.4 Å². The van der Waals surface area contributed by atoms with Gasteiger partial charge in [-0.15, -0.1) is 0 Å². The summed E-state index contributed by atoms with van der Waals surface area (Å²) in [6.45, 7) is 30.0. The highest BCUT2D eigenvalue weighted by molar-refractivity contribution is 6.99. The van der Waals surface area contributed by atoms with E-state index in [1.807, 2.05) is 0 Å². The maximum Gasteiger partial charge on any atom is 0.256 e. The third-order valence-corrected chi connectivity index (χ3v) is 22.0. The van der Waals surface area contributed by atoms with Gasteiger partial charge in [0.25, 0.3) is 6.71 Å². The van der Waals surface area contributed by atoms with Crippen molar-refractivity contribution >= 4 is 106 Å². The molecule has 3 aromatic heterocycles. The number of anilines is 3. The summed E-state index contributed by atoms with van der Waals surface area (Å²) in [5.41, 5.74) is 30.0. The summed E-state index contributed by atoms with van der Waals surface area (Å²) in [6, 6.07) is 101. The molecule has 5 nitrogen and oxygen atoms in total. The average molecular weight is 1310 g/mol. The molecule has 0 aliphatic carbocycles. The van der Waals surface area contributed by atoms with Crippen LogP contribution < -0.4 is 26.0 Å². The van der Waals surface area contributed by atoms with E-state index in [0.29, 0.717) is 0 Å². The van der Waals surface area contributed by atoms with Gasteiger partial charge in [-0.25, -0.2) is 0 Å². The molecule has 13 aromatic carbocycles. The van der Waals surface area contributed by atoms with Crippen LogP contribution in [0.2, 0.25) is 0 Å². The number of fused-ring (bicyclic) bond motifs is 13. The standard InChI is InChI=1S/C95H83BN4O/c1-58-39-44-69(91(100-81-37-25-20-32-72(81)73-33-21-26-38-82(73)100)90(58)99-79-35-23-18-30-70(79)71-31-19-24-36-80(71)99)60-40-45-76-85(51-60)98(78-34-22-17-29-68(78)59-27-15-14-16-28-59)86-52-62(61-49-65(94(8,9)10)54-66(50-61)95(11,12)13)53-88-89(86)96(76)77-46-43-67(57-87(77)101-88)97-83-47-41-63(92(2,3)4)55-74(83)75-56-64(93(5,6)7)42-48-84(75)97/h14-57H,1-13H3. The van der Waals surface area contributed by atoms with Crippen molar-refractivity contribution in [2.24, 2.45) is 0 Å². The van der Waals surface area contributed by atoms with Crippen LogP contribution in [0.15, 0.2) is 267 Å². The highest BCUT2D eigenvalue weighted by atomic mass is 16.5. The minimum Gasteiger partial charge on any atom is -0.458 e. The van der Waals surface area contributed by atoms with E-state index >= 15 is 0 Å². The van der Waals surface area contributed by atoms with Crippen LogP contribution in [0, 0.1) is 6.92 Å². The van der Waals surface area contributed by atoms with Gasteiger partial charge in [0.1, 0.15) is 11.5 Å². The van der Waals surface area contributed by atoms with Crippen molar-refractivity contribution in [3.63, 3.8) is 0 Å². The Morgan fingerprint density at radius 2 is 0.762 bits per heavy atom. The number of benzene rings is 13. The van der Waals surface area contributed by atoms with Crippen molar-refractivity contribution in [2.45, 2.75) is 112 Å². The lowest BCUT2D eigenvalue weighted by atomic mass is 9.34. The zero-order chi connectivity index (χ0) is 69.3. The second kappa shape index (κ2) is 22.5. The second-order valence-electron chi connectivity index (χ2n) is 32.6.